The minimum absolute atomic E-state index is 0.144. The lowest BCUT2D eigenvalue weighted by Gasteiger charge is -2.24. The van der Waals surface area contributed by atoms with Crippen LogP contribution in [0.1, 0.15) is 31.9 Å². The second-order valence-corrected chi connectivity index (χ2v) is 5.73. The molecule has 0 spiro atoms. The van der Waals surface area contributed by atoms with E-state index in [0.717, 1.165) is 6.42 Å². The summed E-state index contributed by atoms with van der Waals surface area (Å²) in [6.07, 6.45) is 2.49. The van der Waals surface area contributed by atoms with Gasteiger partial charge in [-0.1, -0.05) is 6.07 Å². The van der Waals surface area contributed by atoms with Gasteiger partial charge in [0.05, 0.1) is 20.6 Å². The van der Waals surface area contributed by atoms with E-state index in [0.29, 0.717) is 39.0 Å². The molecule has 1 fully saturated rings. The first-order chi connectivity index (χ1) is 9.66. The molecule has 0 radical (unpaired) electrons. The van der Waals surface area contributed by atoms with Gasteiger partial charge in [-0.15, -0.1) is 11.3 Å². The Bertz CT molecular complexity index is 411. The molecule has 2 heterocycles. The first-order valence-corrected chi connectivity index (χ1v) is 7.54. The lowest BCUT2D eigenvalue weighted by molar-refractivity contribution is -0.129. The molecule has 1 amide bonds. The van der Waals surface area contributed by atoms with Gasteiger partial charge < -0.3 is 14.7 Å². The predicted molar refractivity (Wildman–Crippen MR) is 75.0 cm³/mol. The standard InChI is InChI=1S/C14H21NO3S/c16-8-2-1-7-15-12(5-6-14(15)17)10-18-11-13-4-3-9-19-13/h3-4,9,12,16H,1-2,5-8,10-11H2/i8D. The van der Waals surface area contributed by atoms with Crippen molar-refractivity contribution >= 4 is 17.2 Å². The second kappa shape index (κ2) is 7.62. The number of likely N-dealkylation sites (tertiary alicyclic amines) is 1. The Hall–Kier alpha value is -0.910. The van der Waals surface area contributed by atoms with Gasteiger partial charge in [-0.25, -0.2) is 0 Å². The number of hydrogen-bond donors (Lipinski definition) is 1. The highest BCUT2D eigenvalue weighted by molar-refractivity contribution is 7.09. The lowest BCUT2D eigenvalue weighted by Crippen LogP contribution is -2.36. The van der Waals surface area contributed by atoms with Gasteiger partial charge in [-0.3, -0.25) is 4.79 Å². The molecule has 1 aliphatic heterocycles. The van der Waals surface area contributed by atoms with Gasteiger partial charge >= 0.3 is 0 Å². The molecule has 1 aromatic heterocycles. The fraction of sp³-hybridized carbons (Fsp3) is 0.643. The first-order valence-electron chi connectivity index (χ1n) is 7.24. The number of amides is 1. The normalized spacial score (nSPS) is 21.7. The van der Waals surface area contributed by atoms with Crippen molar-refractivity contribution in [3.63, 3.8) is 0 Å². The maximum Gasteiger partial charge on any atom is 0.222 e. The second-order valence-electron chi connectivity index (χ2n) is 4.70. The molecule has 1 aromatic rings. The Balaban J connectivity index is 1.72. The molecule has 0 bridgehead atoms. The number of carbonyl (C=O) groups is 1. The van der Waals surface area contributed by atoms with Crippen molar-refractivity contribution in [2.24, 2.45) is 0 Å². The van der Waals surface area contributed by atoms with E-state index in [-0.39, 0.29) is 11.9 Å². The van der Waals surface area contributed by atoms with Crippen LogP contribution in [0, 0.1) is 0 Å². The van der Waals surface area contributed by atoms with Crippen molar-refractivity contribution < 1.29 is 16.0 Å². The van der Waals surface area contributed by atoms with Crippen LogP contribution in [0.3, 0.4) is 0 Å². The summed E-state index contributed by atoms with van der Waals surface area (Å²) in [5.74, 6) is 0.161. The van der Waals surface area contributed by atoms with Crippen LogP contribution in [0.4, 0.5) is 0 Å². The molecule has 0 saturated carbocycles. The molecule has 1 N–H and O–H groups in total. The Kier molecular flexibility index (Phi) is 5.25. The van der Waals surface area contributed by atoms with Gasteiger partial charge in [0.15, 0.2) is 0 Å². The topological polar surface area (TPSA) is 49.8 Å². The fourth-order valence-electron chi connectivity index (χ4n) is 2.32. The van der Waals surface area contributed by atoms with Gasteiger partial charge in [-0.2, -0.15) is 0 Å². The van der Waals surface area contributed by atoms with Crippen LogP contribution in [0.25, 0.3) is 0 Å². The first kappa shape index (κ1) is 13.1. The number of aliphatic hydroxyl groups excluding tert-OH is 1. The smallest absolute Gasteiger partial charge is 0.222 e. The summed E-state index contributed by atoms with van der Waals surface area (Å²) < 4.78 is 12.8. The molecule has 1 saturated heterocycles. The number of hydrogen-bond acceptors (Lipinski definition) is 4. The van der Waals surface area contributed by atoms with Gasteiger partial charge in [-0.05, 0) is 30.7 Å². The number of nitrogens with zero attached hydrogens (tertiary/aromatic N) is 1. The van der Waals surface area contributed by atoms with E-state index < -0.39 is 6.58 Å². The summed E-state index contributed by atoms with van der Waals surface area (Å²) in [6.45, 7) is 0.734. The van der Waals surface area contributed by atoms with Crippen molar-refractivity contribution in [1.82, 2.24) is 4.90 Å². The van der Waals surface area contributed by atoms with Crippen LogP contribution in [0.15, 0.2) is 17.5 Å². The molecule has 106 valence electrons. The summed E-state index contributed by atoms with van der Waals surface area (Å²) in [7, 11) is 0. The summed E-state index contributed by atoms with van der Waals surface area (Å²) in [5.41, 5.74) is 0. The number of thiophene rings is 1. The summed E-state index contributed by atoms with van der Waals surface area (Å²) in [6, 6.07) is 4.18. The average molecular weight is 284 g/mol. The zero-order valence-electron chi connectivity index (χ0n) is 12.0. The highest BCUT2D eigenvalue weighted by Crippen LogP contribution is 2.20. The summed E-state index contributed by atoms with van der Waals surface area (Å²) in [5, 5.41) is 11.0. The van der Waals surface area contributed by atoms with Crippen LogP contribution in [-0.2, 0) is 16.1 Å². The number of aliphatic hydroxyl groups is 1. The van der Waals surface area contributed by atoms with Crippen molar-refractivity contribution in [2.45, 2.75) is 38.3 Å². The molecular formula is C14H21NO3S. The Morgan fingerprint density at radius 3 is 3.21 bits per heavy atom. The molecule has 1 aliphatic rings. The molecular weight excluding hydrogens is 262 g/mol. The highest BCUT2D eigenvalue weighted by atomic mass is 32.1. The van der Waals surface area contributed by atoms with E-state index in [9.17, 15) is 4.79 Å². The number of rotatable bonds is 8. The van der Waals surface area contributed by atoms with Crippen LogP contribution in [0.2, 0.25) is 0 Å². The van der Waals surface area contributed by atoms with E-state index in [1.807, 2.05) is 22.4 Å². The molecule has 2 unspecified atom stereocenters. The van der Waals surface area contributed by atoms with Gasteiger partial charge in [0, 0.05) is 24.4 Å². The predicted octanol–water partition coefficient (Wildman–Crippen LogP) is 2.03. The van der Waals surface area contributed by atoms with Crippen molar-refractivity contribution in [3.05, 3.63) is 22.4 Å². The van der Waals surface area contributed by atoms with Crippen LogP contribution in [0.5, 0.6) is 0 Å². The van der Waals surface area contributed by atoms with E-state index in [4.69, 9.17) is 11.2 Å². The van der Waals surface area contributed by atoms with Crippen LogP contribution >= 0.6 is 11.3 Å². The fourth-order valence-corrected chi connectivity index (χ4v) is 2.96. The molecule has 0 aliphatic carbocycles. The maximum absolute atomic E-state index is 11.8. The van der Waals surface area contributed by atoms with Crippen LogP contribution in [-0.4, -0.2) is 41.7 Å². The molecule has 19 heavy (non-hydrogen) atoms. The third kappa shape index (κ3) is 4.30. The minimum atomic E-state index is -1.04. The monoisotopic (exact) mass is 284 g/mol. The van der Waals surface area contributed by atoms with Crippen molar-refractivity contribution in [3.8, 4) is 0 Å². The third-order valence-electron chi connectivity index (χ3n) is 3.32. The average Bonchev–Trinajstić information content (AvgIpc) is 3.02. The molecule has 5 heteroatoms. The summed E-state index contributed by atoms with van der Waals surface area (Å²) >= 11 is 1.67. The zero-order valence-corrected chi connectivity index (χ0v) is 11.8. The SMILES string of the molecule is [2H]C(O)CCCN1C(=O)CCC1COCc1cccs1. The maximum atomic E-state index is 11.8. The number of carbonyl (C=O) groups excluding carboxylic acids is 1. The lowest BCUT2D eigenvalue weighted by atomic mass is 10.2. The van der Waals surface area contributed by atoms with Gasteiger partial charge in [0.25, 0.3) is 0 Å². The van der Waals surface area contributed by atoms with E-state index in [1.165, 1.54) is 4.88 Å². The minimum Gasteiger partial charge on any atom is -0.396 e. The van der Waals surface area contributed by atoms with Crippen molar-refractivity contribution in [1.29, 1.82) is 0 Å². The quantitative estimate of drug-likeness (QED) is 0.794. The van der Waals surface area contributed by atoms with Crippen molar-refractivity contribution in [2.75, 3.05) is 19.7 Å². The van der Waals surface area contributed by atoms with Crippen LogP contribution < -0.4 is 0 Å². The third-order valence-corrected chi connectivity index (χ3v) is 4.17. The highest BCUT2D eigenvalue weighted by Gasteiger charge is 2.30. The van der Waals surface area contributed by atoms with Gasteiger partial charge in [0.2, 0.25) is 5.91 Å². The Labute approximate surface area is 119 Å². The molecule has 0 aromatic carbocycles. The molecule has 4 nitrogen and oxygen atoms in total. The zero-order chi connectivity index (χ0) is 14.4. The Morgan fingerprint density at radius 1 is 1.58 bits per heavy atom. The largest absolute Gasteiger partial charge is 0.396 e. The Morgan fingerprint density at radius 2 is 2.47 bits per heavy atom. The van der Waals surface area contributed by atoms with E-state index in [1.54, 1.807) is 11.3 Å². The number of ether oxygens (including phenoxy) is 1. The van der Waals surface area contributed by atoms with E-state index >= 15 is 0 Å². The summed E-state index contributed by atoms with van der Waals surface area (Å²) in [4.78, 5) is 14.9. The molecule has 2 rings (SSSR count). The van der Waals surface area contributed by atoms with Gasteiger partial charge in [0.1, 0.15) is 0 Å². The van der Waals surface area contributed by atoms with E-state index in [2.05, 4.69) is 0 Å². The molecule has 2 atom stereocenters.